The third kappa shape index (κ3) is 4.75. The molecule has 3 heterocycles. The number of urea groups is 2. The summed E-state index contributed by atoms with van der Waals surface area (Å²) in [5.41, 5.74) is 2.92. The summed E-state index contributed by atoms with van der Waals surface area (Å²) >= 11 is 0. The Morgan fingerprint density at radius 3 is 2.57 bits per heavy atom. The number of aryl methyl sites for hydroxylation is 1. The van der Waals surface area contributed by atoms with Crippen LogP contribution in [0.5, 0.6) is 0 Å². The van der Waals surface area contributed by atoms with Crippen LogP contribution >= 0.6 is 0 Å². The molecule has 0 radical (unpaired) electrons. The normalized spacial score (nSPS) is 13.2. The predicted octanol–water partition coefficient (Wildman–Crippen LogP) is 5.36. The minimum absolute atomic E-state index is 0.0860. The van der Waals surface area contributed by atoms with E-state index in [1.54, 1.807) is 20.2 Å². The average Bonchev–Trinajstić information content (AvgIpc) is 3.25. The smallest absolute Gasteiger partial charge is 0.326 e. The van der Waals surface area contributed by atoms with Gasteiger partial charge in [0.2, 0.25) is 11.8 Å². The fraction of sp³-hybridized carbons (Fsp3) is 0.333. The number of amides is 4. The number of pyridine rings is 1. The number of hydrogen-bond donors (Lipinski definition) is 4. The Hall–Kier alpha value is -4.15. The number of benzene rings is 1. The highest BCUT2D eigenvalue weighted by Gasteiger charge is 2.28. The first-order valence-corrected chi connectivity index (χ1v) is 11.1. The molecule has 0 atom stereocenters. The fourth-order valence-electron chi connectivity index (χ4n) is 3.81. The van der Waals surface area contributed by atoms with Crippen molar-refractivity contribution in [1.29, 1.82) is 0 Å². The van der Waals surface area contributed by atoms with Gasteiger partial charge < -0.3 is 20.4 Å². The molecular weight excluding hydrogens is 453 g/mol. The molecule has 1 aromatic carbocycles. The molecule has 0 saturated carbocycles. The minimum atomic E-state index is -0.705. The van der Waals surface area contributed by atoms with E-state index in [0.29, 0.717) is 28.6 Å². The van der Waals surface area contributed by atoms with Gasteiger partial charge in [0.05, 0.1) is 29.8 Å². The van der Waals surface area contributed by atoms with E-state index in [9.17, 15) is 14.0 Å². The molecule has 1 aliphatic heterocycles. The Morgan fingerprint density at radius 2 is 1.91 bits per heavy atom. The monoisotopic (exact) mass is 481 g/mol. The summed E-state index contributed by atoms with van der Waals surface area (Å²) in [6, 6.07) is 1.63. The molecule has 4 amide bonds. The van der Waals surface area contributed by atoms with E-state index >= 15 is 0 Å². The molecule has 2 aromatic heterocycles. The lowest BCUT2D eigenvalue weighted by molar-refractivity contribution is 0.256. The summed E-state index contributed by atoms with van der Waals surface area (Å²) in [6.07, 6.45) is 3.08. The number of carbonyl (C=O) groups excluding carboxylic acids is 2. The zero-order valence-electron chi connectivity index (χ0n) is 20.5. The SMILES string of the molecule is CNc1ncc2c(c1C)NC(=O)N(c1cc(NC(=O)Nc3cnc(C(C)(C)C)o3)c(F)cc1C)C2. The quantitative estimate of drug-likeness (QED) is 0.398. The summed E-state index contributed by atoms with van der Waals surface area (Å²) in [5, 5.41) is 10.9. The van der Waals surface area contributed by atoms with Crippen molar-refractivity contribution in [2.75, 3.05) is 33.2 Å². The molecule has 11 heteroatoms. The third-order valence-corrected chi connectivity index (χ3v) is 5.65. The summed E-state index contributed by atoms with van der Waals surface area (Å²) in [7, 11) is 1.76. The van der Waals surface area contributed by atoms with Gasteiger partial charge >= 0.3 is 12.1 Å². The first-order valence-electron chi connectivity index (χ1n) is 11.1. The molecule has 1 aliphatic rings. The number of nitrogens with zero attached hydrogens (tertiary/aromatic N) is 3. The topological polar surface area (TPSA) is 124 Å². The van der Waals surface area contributed by atoms with Crippen LogP contribution in [0.3, 0.4) is 0 Å². The number of rotatable bonds is 4. The Morgan fingerprint density at radius 1 is 1.17 bits per heavy atom. The lowest BCUT2D eigenvalue weighted by Gasteiger charge is -2.31. The second-order valence-corrected chi connectivity index (χ2v) is 9.38. The van der Waals surface area contributed by atoms with Crippen LogP contribution in [0.2, 0.25) is 0 Å². The molecule has 0 spiro atoms. The number of halogens is 1. The van der Waals surface area contributed by atoms with Gasteiger partial charge in [0.1, 0.15) is 11.6 Å². The van der Waals surface area contributed by atoms with Crippen molar-refractivity contribution in [3.63, 3.8) is 0 Å². The molecule has 3 aromatic rings. The van der Waals surface area contributed by atoms with Gasteiger partial charge in [-0.15, -0.1) is 0 Å². The van der Waals surface area contributed by atoms with Gasteiger partial charge in [-0.25, -0.2) is 23.9 Å². The van der Waals surface area contributed by atoms with E-state index in [4.69, 9.17) is 4.42 Å². The minimum Gasteiger partial charge on any atom is -0.424 e. The molecule has 0 aliphatic carbocycles. The Balaban J connectivity index is 1.56. The van der Waals surface area contributed by atoms with Crippen LogP contribution in [0.1, 0.15) is 43.4 Å². The lowest BCUT2D eigenvalue weighted by atomic mass is 9.97. The van der Waals surface area contributed by atoms with E-state index in [1.165, 1.54) is 23.2 Å². The van der Waals surface area contributed by atoms with Crippen molar-refractivity contribution < 1.29 is 18.4 Å². The highest BCUT2D eigenvalue weighted by Crippen LogP contribution is 2.35. The Bertz CT molecular complexity index is 1310. The van der Waals surface area contributed by atoms with E-state index < -0.39 is 11.8 Å². The zero-order chi connectivity index (χ0) is 25.5. The van der Waals surface area contributed by atoms with Crippen LogP contribution in [-0.2, 0) is 12.0 Å². The van der Waals surface area contributed by atoms with Gasteiger partial charge in [0, 0.05) is 29.8 Å². The van der Waals surface area contributed by atoms with Crippen LogP contribution in [0.25, 0.3) is 0 Å². The number of nitrogens with one attached hydrogen (secondary N) is 4. The van der Waals surface area contributed by atoms with Crippen LogP contribution in [0, 0.1) is 19.7 Å². The molecule has 4 rings (SSSR count). The van der Waals surface area contributed by atoms with Gasteiger partial charge in [0.15, 0.2) is 0 Å². The number of oxazole rings is 1. The first kappa shape index (κ1) is 24.0. The average molecular weight is 482 g/mol. The second kappa shape index (κ2) is 8.90. The number of aromatic nitrogens is 2. The van der Waals surface area contributed by atoms with Crippen LogP contribution < -0.4 is 26.2 Å². The van der Waals surface area contributed by atoms with E-state index in [1.807, 2.05) is 27.7 Å². The molecular formula is C24H28FN7O3. The van der Waals surface area contributed by atoms with E-state index in [0.717, 1.165) is 11.1 Å². The largest absolute Gasteiger partial charge is 0.424 e. The van der Waals surface area contributed by atoms with Crippen molar-refractivity contribution >= 4 is 40.8 Å². The maximum absolute atomic E-state index is 14.7. The maximum Gasteiger partial charge on any atom is 0.326 e. The molecule has 0 bridgehead atoms. The molecule has 184 valence electrons. The van der Waals surface area contributed by atoms with E-state index in [2.05, 4.69) is 31.2 Å². The van der Waals surface area contributed by atoms with Crippen LogP contribution in [0.15, 0.2) is 28.9 Å². The molecule has 4 N–H and O–H groups in total. The molecule has 0 unspecified atom stereocenters. The zero-order valence-corrected chi connectivity index (χ0v) is 20.5. The highest BCUT2D eigenvalue weighted by molar-refractivity contribution is 6.06. The molecule has 0 fully saturated rings. The lowest BCUT2D eigenvalue weighted by Crippen LogP contribution is -2.39. The van der Waals surface area contributed by atoms with Crippen LogP contribution in [-0.4, -0.2) is 29.1 Å². The Kier molecular flexibility index (Phi) is 6.10. The van der Waals surface area contributed by atoms with Crippen LogP contribution in [0.4, 0.5) is 42.7 Å². The summed E-state index contributed by atoms with van der Waals surface area (Å²) in [6.45, 7) is 9.59. The Labute approximate surface area is 202 Å². The second-order valence-electron chi connectivity index (χ2n) is 9.38. The molecule has 0 saturated heterocycles. The number of anilines is 5. The van der Waals surface area contributed by atoms with Crippen molar-refractivity contribution in [2.45, 2.75) is 46.6 Å². The number of hydrogen-bond acceptors (Lipinski definition) is 6. The summed E-state index contributed by atoms with van der Waals surface area (Å²) < 4.78 is 20.3. The first-order chi connectivity index (χ1) is 16.5. The molecule has 35 heavy (non-hydrogen) atoms. The summed E-state index contributed by atoms with van der Waals surface area (Å²) in [5.74, 6) is 0.633. The molecule has 10 nitrogen and oxygen atoms in total. The number of fused-ring (bicyclic) bond motifs is 1. The van der Waals surface area contributed by atoms with E-state index in [-0.39, 0.29) is 29.6 Å². The van der Waals surface area contributed by atoms with Crippen molar-refractivity contribution in [3.8, 4) is 0 Å². The number of carbonyl (C=O) groups is 2. The highest BCUT2D eigenvalue weighted by atomic mass is 19.1. The van der Waals surface area contributed by atoms with Crippen molar-refractivity contribution in [3.05, 3.63) is 52.9 Å². The van der Waals surface area contributed by atoms with Gasteiger partial charge in [-0.2, -0.15) is 0 Å². The van der Waals surface area contributed by atoms with Gasteiger partial charge in [-0.1, -0.05) is 20.8 Å². The predicted molar refractivity (Wildman–Crippen MR) is 133 cm³/mol. The maximum atomic E-state index is 14.7. The fourth-order valence-corrected chi connectivity index (χ4v) is 3.81. The summed E-state index contributed by atoms with van der Waals surface area (Å²) in [4.78, 5) is 35.5. The van der Waals surface area contributed by atoms with Gasteiger partial charge in [0.25, 0.3) is 0 Å². The third-order valence-electron chi connectivity index (χ3n) is 5.65. The van der Waals surface area contributed by atoms with Gasteiger partial charge in [-0.3, -0.25) is 10.2 Å². The van der Waals surface area contributed by atoms with Crippen molar-refractivity contribution in [2.24, 2.45) is 0 Å². The standard InChI is InChI=1S/C24H28FN7O3/c1-12-7-15(25)16(29-22(33)30-18-10-28-21(35-18)24(3,4)5)8-17(12)32-11-14-9-27-20(26-6)13(2)19(14)31-23(32)34/h7-10H,11H2,1-6H3,(H,26,27)(H,31,34)(H2,29,30,33). The van der Waals surface area contributed by atoms with Crippen molar-refractivity contribution in [1.82, 2.24) is 9.97 Å². The van der Waals surface area contributed by atoms with Gasteiger partial charge in [-0.05, 0) is 31.5 Å².